The van der Waals surface area contributed by atoms with Gasteiger partial charge in [0.2, 0.25) is 11.9 Å². The molecule has 0 N–H and O–H groups in total. The van der Waals surface area contributed by atoms with Crippen LogP contribution in [0.15, 0.2) is 59.3 Å². The van der Waals surface area contributed by atoms with Crippen LogP contribution in [-0.4, -0.2) is 25.3 Å². The van der Waals surface area contributed by atoms with Crippen LogP contribution in [0.5, 0.6) is 17.4 Å². The average molecular weight is 352 g/mol. The number of carbonyl (C=O) groups excluding carboxylic acids is 1. The van der Waals surface area contributed by atoms with Gasteiger partial charge < -0.3 is 19.1 Å². The molecule has 0 aliphatic carbocycles. The Balaban J connectivity index is 1.76. The van der Waals surface area contributed by atoms with Gasteiger partial charge in [0.25, 0.3) is 0 Å². The lowest BCUT2D eigenvalue weighted by molar-refractivity contribution is -0.670. The first-order valence-corrected chi connectivity index (χ1v) is 7.71. The van der Waals surface area contributed by atoms with Crippen LogP contribution in [0.25, 0.3) is 11.8 Å². The Morgan fingerprint density at radius 3 is 2.54 bits per heavy atom. The first kappa shape index (κ1) is 17.2. The molecule has 3 aromatic rings. The Hall–Kier alpha value is -3.61. The maximum absolute atomic E-state index is 12.3. The molecule has 3 rings (SSSR count). The number of nitrogens with zero attached hydrogens (tertiary/aromatic N) is 2. The van der Waals surface area contributed by atoms with Gasteiger partial charge in [0.05, 0.1) is 19.5 Å². The molecule has 0 aliphatic heterocycles. The van der Waals surface area contributed by atoms with Gasteiger partial charge >= 0.3 is 0 Å². The lowest BCUT2D eigenvalue weighted by Crippen LogP contribution is -2.31. The highest BCUT2D eigenvalue weighted by Gasteiger charge is 2.10. The minimum atomic E-state index is -0.540. The molecule has 0 amide bonds. The van der Waals surface area contributed by atoms with Crippen LogP contribution in [0, 0.1) is 0 Å². The zero-order valence-corrected chi connectivity index (χ0v) is 14.2. The van der Waals surface area contributed by atoms with Gasteiger partial charge in [-0.2, -0.15) is 0 Å². The summed E-state index contributed by atoms with van der Waals surface area (Å²) >= 11 is 0. The molecule has 2 aromatic carbocycles. The number of ether oxygens (including phenoxy) is 2. The number of hydrogen-bond donors (Lipinski definition) is 0. The number of methoxy groups -OCH3 is 2. The predicted molar refractivity (Wildman–Crippen MR) is 90.4 cm³/mol. The number of ketones is 1. The van der Waals surface area contributed by atoms with Gasteiger partial charge in [-0.25, -0.2) is 0 Å². The second-order valence-corrected chi connectivity index (χ2v) is 5.32. The van der Waals surface area contributed by atoms with Gasteiger partial charge in [-0.3, -0.25) is 4.79 Å². The van der Waals surface area contributed by atoms with Crippen LogP contribution >= 0.6 is 0 Å². The quantitative estimate of drug-likeness (QED) is 0.383. The van der Waals surface area contributed by atoms with E-state index in [0.29, 0.717) is 22.7 Å². The topological polar surface area (TPSA) is 88.5 Å². The summed E-state index contributed by atoms with van der Waals surface area (Å²) in [7, 11) is 3.13. The number of aromatic nitrogens is 2. The molecule has 0 atom stereocenters. The highest BCUT2D eigenvalue weighted by Crippen LogP contribution is 2.25. The fourth-order valence-corrected chi connectivity index (χ4v) is 2.35. The Morgan fingerprint density at radius 2 is 1.92 bits per heavy atom. The Labute approximate surface area is 149 Å². The third-order valence-corrected chi connectivity index (χ3v) is 3.72. The molecule has 7 nitrogen and oxygen atoms in total. The summed E-state index contributed by atoms with van der Waals surface area (Å²) in [6, 6.07) is 12.0. The van der Waals surface area contributed by atoms with Crippen molar-refractivity contribution < 1.29 is 28.6 Å². The van der Waals surface area contributed by atoms with Crippen molar-refractivity contribution in [3.8, 4) is 23.1 Å². The summed E-state index contributed by atoms with van der Waals surface area (Å²) in [5.41, 5.74) is 1.89. The van der Waals surface area contributed by atoms with Crippen LogP contribution in [0.3, 0.4) is 0 Å². The van der Waals surface area contributed by atoms with Gasteiger partial charge in [-0.05, 0) is 41.1 Å². The Morgan fingerprint density at radius 1 is 1.15 bits per heavy atom. The van der Waals surface area contributed by atoms with E-state index < -0.39 is 5.95 Å². The molecule has 7 heteroatoms. The fourth-order valence-electron chi connectivity index (χ4n) is 2.35. The van der Waals surface area contributed by atoms with Gasteiger partial charge in [0, 0.05) is 29.3 Å². The molecule has 0 aliphatic rings. The SMILES string of the molecule is COc1ccc(/C=C/C(=O)c2ccc(-[n+]3cc([O-])on3)cc2)c(OC)c1. The fraction of sp³-hybridized carbons (Fsp3) is 0.105. The molecule has 132 valence electrons. The number of benzene rings is 2. The molecule has 0 spiro atoms. The minimum absolute atomic E-state index is 0.163. The Bertz CT molecular complexity index is 945. The van der Waals surface area contributed by atoms with E-state index in [4.69, 9.17) is 9.47 Å². The molecular formula is C19H16N2O5. The molecule has 1 aromatic heterocycles. The summed E-state index contributed by atoms with van der Waals surface area (Å²) in [6.07, 6.45) is 4.37. The monoisotopic (exact) mass is 352 g/mol. The van der Waals surface area contributed by atoms with Gasteiger partial charge in [0.1, 0.15) is 17.4 Å². The minimum Gasteiger partial charge on any atom is -0.539 e. The van der Waals surface area contributed by atoms with Crippen molar-refractivity contribution in [3.05, 3.63) is 65.9 Å². The third-order valence-electron chi connectivity index (χ3n) is 3.72. The summed E-state index contributed by atoms with van der Waals surface area (Å²) in [4.78, 5) is 12.3. The molecule has 0 saturated carbocycles. The molecule has 26 heavy (non-hydrogen) atoms. The standard InChI is InChI=1S/C19H16N2O5/c1-24-16-9-5-14(18(11-16)25-2)6-10-17(22)13-3-7-15(8-4-13)21-12-19(23)26-20-21/h3-12H,1-2H3/b10-6+. The van der Waals surface area contributed by atoms with Crippen LogP contribution < -0.4 is 19.3 Å². The molecule has 1 heterocycles. The summed E-state index contributed by atoms with van der Waals surface area (Å²) in [5.74, 6) is 0.581. The second-order valence-electron chi connectivity index (χ2n) is 5.32. The van der Waals surface area contributed by atoms with E-state index in [9.17, 15) is 9.90 Å². The van der Waals surface area contributed by atoms with E-state index in [1.807, 2.05) is 6.07 Å². The largest absolute Gasteiger partial charge is 0.539 e. The van der Waals surface area contributed by atoms with Gasteiger partial charge in [-0.15, -0.1) is 0 Å². The van der Waals surface area contributed by atoms with E-state index >= 15 is 0 Å². The zero-order chi connectivity index (χ0) is 18.5. The maximum atomic E-state index is 12.3. The number of hydrogen-bond acceptors (Lipinski definition) is 6. The molecule has 0 unspecified atom stereocenters. The molecule has 0 bridgehead atoms. The average Bonchev–Trinajstić information content (AvgIpc) is 3.12. The van der Waals surface area contributed by atoms with Gasteiger partial charge in [-0.1, -0.05) is 0 Å². The van der Waals surface area contributed by atoms with Crippen molar-refractivity contribution in [1.29, 1.82) is 0 Å². The first-order chi connectivity index (χ1) is 12.6. The van der Waals surface area contributed by atoms with Crippen molar-refractivity contribution in [1.82, 2.24) is 5.27 Å². The summed E-state index contributed by atoms with van der Waals surface area (Å²) < 4.78 is 16.2. The predicted octanol–water partition coefficient (Wildman–Crippen LogP) is 1.94. The van der Waals surface area contributed by atoms with E-state index in [0.717, 1.165) is 5.56 Å². The zero-order valence-electron chi connectivity index (χ0n) is 14.2. The van der Waals surface area contributed by atoms with Crippen molar-refractivity contribution in [3.63, 3.8) is 0 Å². The summed E-state index contributed by atoms with van der Waals surface area (Å²) in [5, 5.41) is 14.6. The smallest absolute Gasteiger partial charge is 0.239 e. The number of rotatable bonds is 6. The molecule has 0 fully saturated rings. The van der Waals surface area contributed by atoms with E-state index in [-0.39, 0.29) is 5.78 Å². The Kier molecular flexibility index (Phi) is 4.98. The number of carbonyl (C=O) groups is 1. The van der Waals surface area contributed by atoms with Crippen molar-refractivity contribution in [2.75, 3.05) is 14.2 Å². The third kappa shape index (κ3) is 3.72. The highest BCUT2D eigenvalue weighted by atomic mass is 16.6. The van der Waals surface area contributed by atoms with Crippen molar-refractivity contribution >= 4 is 11.9 Å². The molecular weight excluding hydrogens is 336 g/mol. The normalized spacial score (nSPS) is 10.8. The van der Waals surface area contributed by atoms with Crippen LogP contribution in [0.2, 0.25) is 0 Å². The lowest BCUT2D eigenvalue weighted by atomic mass is 10.1. The second kappa shape index (κ2) is 7.52. The van der Waals surface area contributed by atoms with Crippen LogP contribution in [0.4, 0.5) is 0 Å². The first-order valence-electron chi connectivity index (χ1n) is 7.71. The van der Waals surface area contributed by atoms with Crippen molar-refractivity contribution in [2.24, 2.45) is 0 Å². The lowest BCUT2D eigenvalue weighted by Gasteiger charge is -2.07. The maximum Gasteiger partial charge on any atom is 0.239 e. The number of allylic oxidation sites excluding steroid dienone is 1. The van der Waals surface area contributed by atoms with Gasteiger partial charge in [0.15, 0.2) is 5.78 Å². The summed E-state index contributed by atoms with van der Waals surface area (Å²) in [6.45, 7) is 0. The van der Waals surface area contributed by atoms with Crippen molar-refractivity contribution in [2.45, 2.75) is 0 Å². The highest BCUT2D eigenvalue weighted by molar-refractivity contribution is 6.07. The van der Waals surface area contributed by atoms with E-state index in [1.165, 1.54) is 17.0 Å². The van der Waals surface area contributed by atoms with E-state index in [1.54, 1.807) is 56.7 Å². The molecule has 0 saturated heterocycles. The van der Waals surface area contributed by atoms with Crippen LogP contribution in [-0.2, 0) is 0 Å². The van der Waals surface area contributed by atoms with E-state index in [2.05, 4.69) is 9.79 Å². The van der Waals surface area contributed by atoms with Crippen LogP contribution in [0.1, 0.15) is 15.9 Å². The molecule has 0 radical (unpaired) electrons.